The van der Waals surface area contributed by atoms with E-state index in [1.54, 1.807) is 29.9 Å². The predicted octanol–water partition coefficient (Wildman–Crippen LogP) is 2.93. The Balaban J connectivity index is 1.69. The molecule has 3 aromatic rings. The summed E-state index contributed by atoms with van der Waals surface area (Å²) >= 11 is 1.24. The monoisotopic (exact) mass is 373 g/mol. The van der Waals surface area contributed by atoms with E-state index in [1.165, 1.54) is 23.5 Å². The maximum Gasteiger partial charge on any atom is 0.241 e. The van der Waals surface area contributed by atoms with Crippen LogP contribution in [-0.2, 0) is 14.6 Å². The molecule has 0 bridgehead atoms. The van der Waals surface area contributed by atoms with Crippen molar-refractivity contribution >= 4 is 32.2 Å². The molecule has 0 atom stereocenters. The summed E-state index contributed by atoms with van der Waals surface area (Å²) in [6, 6.07) is 10.0. The fourth-order valence-corrected chi connectivity index (χ4v) is 4.01. The average molecular weight is 373 g/mol. The molecular formula is C17H15N3O3S2. The van der Waals surface area contributed by atoms with E-state index in [0.717, 1.165) is 11.1 Å². The zero-order valence-corrected chi connectivity index (χ0v) is 15.0. The van der Waals surface area contributed by atoms with Gasteiger partial charge in [0.05, 0.1) is 10.6 Å². The van der Waals surface area contributed by atoms with Crippen LogP contribution in [0.4, 0.5) is 5.13 Å². The Bertz CT molecular complexity index is 981. The quantitative estimate of drug-likeness (QED) is 0.743. The molecule has 8 heteroatoms. The second kappa shape index (κ2) is 7.12. The largest absolute Gasteiger partial charge is 0.301 e. The third-order valence-electron chi connectivity index (χ3n) is 3.43. The number of pyridine rings is 1. The van der Waals surface area contributed by atoms with Crippen molar-refractivity contribution in [3.05, 3.63) is 59.7 Å². The van der Waals surface area contributed by atoms with E-state index in [-0.39, 0.29) is 4.90 Å². The fraction of sp³-hybridized carbons (Fsp3) is 0.118. The summed E-state index contributed by atoms with van der Waals surface area (Å²) in [4.78, 5) is 20.4. The van der Waals surface area contributed by atoms with Crippen LogP contribution in [0.3, 0.4) is 0 Å². The summed E-state index contributed by atoms with van der Waals surface area (Å²) in [7, 11) is -3.69. The molecule has 0 aliphatic carbocycles. The molecule has 0 spiro atoms. The van der Waals surface area contributed by atoms with Crippen LogP contribution in [-0.4, -0.2) is 30.0 Å². The maximum absolute atomic E-state index is 12.3. The highest BCUT2D eigenvalue weighted by Gasteiger charge is 2.20. The van der Waals surface area contributed by atoms with Gasteiger partial charge in [0.2, 0.25) is 5.91 Å². The number of carbonyl (C=O) groups excluding carboxylic acids is 1. The predicted molar refractivity (Wildman–Crippen MR) is 97.2 cm³/mol. The minimum Gasteiger partial charge on any atom is -0.301 e. The number of thiazole rings is 1. The molecule has 3 rings (SSSR count). The van der Waals surface area contributed by atoms with Crippen molar-refractivity contribution in [2.24, 2.45) is 0 Å². The number of carbonyl (C=O) groups is 1. The molecule has 1 N–H and O–H groups in total. The van der Waals surface area contributed by atoms with Gasteiger partial charge in [0, 0.05) is 23.3 Å². The number of nitrogens with one attached hydrogen (secondary N) is 1. The number of hydrogen-bond acceptors (Lipinski definition) is 6. The van der Waals surface area contributed by atoms with Gasteiger partial charge in [-0.2, -0.15) is 0 Å². The highest BCUT2D eigenvalue weighted by atomic mass is 32.2. The van der Waals surface area contributed by atoms with Gasteiger partial charge in [0.1, 0.15) is 5.75 Å². The minimum absolute atomic E-state index is 0.130. The standard InChI is InChI=1S/C17H15N3O3S2/c1-12-2-4-14(5-3-12)25(22,23)11-16(21)20-17-19-15(10-24-17)13-6-8-18-9-7-13/h2-10H,11H2,1H3,(H,19,20,21). The SMILES string of the molecule is Cc1ccc(S(=O)(=O)CC(=O)Nc2nc(-c3ccncc3)cs2)cc1. The van der Waals surface area contributed by atoms with Gasteiger partial charge in [0.25, 0.3) is 0 Å². The number of amides is 1. The van der Waals surface area contributed by atoms with E-state index < -0.39 is 21.5 Å². The molecule has 0 fully saturated rings. The maximum atomic E-state index is 12.3. The fourth-order valence-electron chi connectivity index (χ4n) is 2.14. The Labute approximate surface area is 149 Å². The highest BCUT2D eigenvalue weighted by molar-refractivity contribution is 7.92. The first kappa shape index (κ1) is 17.2. The number of aromatic nitrogens is 2. The molecule has 0 aliphatic rings. The van der Waals surface area contributed by atoms with Crippen molar-refractivity contribution in [1.29, 1.82) is 0 Å². The van der Waals surface area contributed by atoms with Crippen LogP contribution >= 0.6 is 11.3 Å². The first-order chi connectivity index (χ1) is 11.9. The minimum atomic E-state index is -3.69. The molecule has 6 nitrogen and oxygen atoms in total. The van der Waals surface area contributed by atoms with Crippen LogP contribution in [0.5, 0.6) is 0 Å². The van der Waals surface area contributed by atoms with Crippen LogP contribution in [0.1, 0.15) is 5.56 Å². The van der Waals surface area contributed by atoms with Crippen LogP contribution in [0.2, 0.25) is 0 Å². The van der Waals surface area contributed by atoms with Gasteiger partial charge in [-0.15, -0.1) is 11.3 Å². The third-order valence-corrected chi connectivity index (χ3v) is 5.82. The lowest BCUT2D eigenvalue weighted by molar-refractivity contribution is -0.113. The number of anilines is 1. The summed E-state index contributed by atoms with van der Waals surface area (Å²) in [5, 5.41) is 4.69. The molecule has 0 saturated heterocycles. The number of sulfone groups is 1. The smallest absolute Gasteiger partial charge is 0.241 e. The Morgan fingerprint density at radius 3 is 2.48 bits per heavy atom. The zero-order chi connectivity index (χ0) is 17.9. The van der Waals surface area contributed by atoms with Crippen molar-refractivity contribution in [3.63, 3.8) is 0 Å². The van der Waals surface area contributed by atoms with Gasteiger partial charge >= 0.3 is 0 Å². The Kier molecular flexibility index (Phi) is 4.91. The molecule has 1 aromatic carbocycles. The lowest BCUT2D eigenvalue weighted by atomic mass is 10.2. The molecule has 25 heavy (non-hydrogen) atoms. The van der Waals surface area contributed by atoms with Crippen LogP contribution in [0.15, 0.2) is 59.1 Å². The molecule has 1 amide bonds. The summed E-state index contributed by atoms with van der Waals surface area (Å²) in [5.74, 6) is -1.24. The number of aryl methyl sites for hydroxylation is 1. The normalized spacial score (nSPS) is 11.2. The second-order valence-electron chi connectivity index (χ2n) is 5.39. The zero-order valence-electron chi connectivity index (χ0n) is 13.3. The first-order valence-electron chi connectivity index (χ1n) is 7.39. The third kappa shape index (κ3) is 4.28. The van der Waals surface area contributed by atoms with E-state index >= 15 is 0 Å². The molecular weight excluding hydrogens is 358 g/mol. The van der Waals surface area contributed by atoms with Gasteiger partial charge in [0.15, 0.2) is 15.0 Å². The Morgan fingerprint density at radius 2 is 1.80 bits per heavy atom. The Morgan fingerprint density at radius 1 is 1.12 bits per heavy atom. The summed E-state index contributed by atoms with van der Waals surface area (Å²) in [6.45, 7) is 1.87. The van der Waals surface area contributed by atoms with Gasteiger partial charge in [-0.05, 0) is 31.2 Å². The van der Waals surface area contributed by atoms with Crippen molar-refractivity contribution in [1.82, 2.24) is 9.97 Å². The van der Waals surface area contributed by atoms with Gasteiger partial charge in [-0.3, -0.25) is 9.78 Å². The van der Waals surface area contributed by atoms with E-state index in [1.807, 2.05) is 19.1 Å². The van der Waals surface area contributed by atoms with Crippen molar-refractivity contribution in [2.45, 2.75) is 11.8 Å². The Hall–Kier alpha value is -2.58. The molecule has 128 valence electrons. The summed E-state index contributed by atoms with van der Waals surface area (Å²) in [5.41, 5.74) is 2.53. The van der Waals surface area contributed by atoms with Crippen LogP contribution in [0.25, 0.3) is 11.3 Å². The van der Waals surface area contributed by atoms with Gasteiger partial charge in [-0.1, -0.05) is 17.7 Å². The first-order valence-corrected chi connectivity index (χ1v) is 9.92. The van der Waals surface area contributed by atoms with Crippen LogP contribution < -0.4 is 5.32 Å². The lowest BCUT2D eigenvalue weighted by Gasteiger charge is -2.05. The highest BCUT2D eigenvalue weighted by Crippen LogP contribution is 2.24. The molecule has 2 aromatic heterocycles. The molecule has 0 unspecified atom stereocenters. The molecule has 0 radical (unpaired) electrons. The van der Waals surface area contributed by atoms with E-state index in [2.05, 4.69) is 15.3 Å². The van der Waals surface area contributed by atoms with Crippen LogP contribution in [0, 0.1) is 6.92 Å². The number of hydrogen-bond donors (Lipinski definition) is 1. The van der Waals surface area contributed by atoms with Gasteiger partial charge < -0.3 is 5.32 Å². The van der Waals surface area contributed by atoms with E-state index in [9.17, 15) is 13.2 Å². The van der Waals surface area contributed by atoms with Crippen molar-refractivity contribution in [2.75, 3.05) is 11.1 Å². The molecule has 2 heterocycles. The lowest BCUT2D eigenvalue weighted by Crippen LogP contribution is -2.22. The summed E-state index contributed by atoms with van der Waals surface area (Å²) < 4.78 is 24.6. The van der Waals surface area contributed by atoms with Crippen molar-refractivity contribution < 1.29 is 13.2 Å². The summed E-state index contributed by atoms with van der Waals surface area (Å²) in [6.07, 6.45) is 3.31. The van der Waals surface area contributed by atoms with Gasteiger partial charge in [-0.25, -0.2) is 13.4 Å². The van der Waals surface area contributed by atoms with Crippen molar-refractivity contribution in [3.8, 4) is 11.3 Å². The second-order valence-corrected chi connectivity index (χ2v) is 8.24. The number of nitrogens with zero attached hydrogens (tertiary/aromatic N) is 2. The number of rotatable bonds is 5. The number of benzene rings is 1. The van der Waals surface area contributed by atoms with E-state index in [0.29, 0.717) is 10.8 Å². The molecule has 0 saturated carbocycles. The molecule has 0 aliphatic heterocycles. The van der Waals surface area contributed by atoms with E-state index in [4.69, 9.17) is 0 Å². The average Bonchev–Trinajstić information content (AvgIpc) is 3.04. The topological polar surface area (TPSA) is 89.0 Å².